The van der Waals surface area contributed by atoms with E-state index >= 15 is 0 Å². The van der Waals surface area contributed by atoms with Crippen molar-refractivity contribution in [3.8, 4) is 11.5 Å². The number of benzene rings is 2. The van der Waals surface area contributed by atoms with Crippen molar-refractivity contribution in [3.05, 3.63) is 54.6 Å². The van der Waals surface area contributed by atoms with Crippen molar-refractivity contribution in [2.45, 2.75) is 12.8 Å². The highest BCUT2D eigenvalue weighted by Gasteiger charge is 2.02. The number of nitrogens with one attached hydrogen (secondary N) is 1. The highest BCUT2D eigenvalue weighted by Crippen LogP contribution is 2.22. The van der Waals surface area contributed by atoms with Gasteiger partial charge in [-0.1, -0.05) is 18.2 Å². The Balaban J connectivity index is 1.91. The van der Waals surface area contributed by atoms with Crippen LogP contribution in [0.5, 0.6) is 11.5 Å². The Labute approximate surface area is 118 Å². The zero-order valence-electron chi connectivity index (χ0n) is 11.2. The molecule has 0 aliphatic carbocycles. The Morgan fingerprint density at radius 3 is 2.30 bits per heavy atom. The lowest BCUT2D eigenvalue weighted by Crippen LogP contribution is -2.13. The molecule has 3 N–H and O–H groups in total. The van der Waals surface area contributed by atoms with Crippen LogP contribution in [0.25, 0.3) is 0 Å². The van der Waals surface area contributed by atoms with E-state index in [0.717, 1.165) is 17.2 Å². The number of carbonyl (C=O) groups excluding carboxylic acids is 1. The summed E-state index contributed by atoms with van der Waals surface area (Å²) < 4.78 is 5.67. The quantitative estimate of drug-likeness (QED) is 0.847. The third kappa shape index (κ3) is 4.40. The van der Waals surface area contributed by atoms with Gasteiger partial charge in [0.1, 0.15) is 11.5 Å². The third-order valence-electron chi connectivity index (χ3n) is 2.72. The minimum absolute atomic E-state index is 0.0211. The topological polar surface area (TPSA) is 64.4 Å². The van der Waals surface area contributed by atoms with Crippen LogP contribution in [0.4, 0.5) is 5.69 Å². The lowest BCUT2D eigenvalue weighted by Gasteiger charge is -2.08. The van der Waals surface area contributed by atoms with Gasteiger partial charge >= 0.3 is 0 Å². The number of ether oxygens (including phenoxy) is 1. The molecule has 0 atom stereocenters. The SMILES string of the molecule is NCCCC(=O)Nc1ccc(Oc2ccccc2)cc1. The van der Waals surface area contributed by atoms with Gasteiger partial charge in [0.2, 0.25) is 5.91 Å². The van der Waals surface area contributed by atoms with Crippen molar-refractivity contribution in [1.82, 2.24) is 0 Å². The minimum Gasteiger partial charge on any atom is -0.457 e. The van der Waals surface area contributed by atoms with Gasteiger partial charge in [-0.15, -0.1) is 0 Å². The van der Waals surface area contributed by atoms with Crippen LogP contribution in [-0.4, -0.2) is 12.5 Å². The second-order valence-electron chi connectivity index (χ2n) is 4.38. The van der Waals surface area contributed by atoms with Crippen molar-refractivity contribution in [2.75, 3.05) is 11.9 Å². The van der Waals surface area contributed by atoms with Gasteiger partial charge in [-0.2, -0.15) is 0 Å². The molecule has 0 aliphatic rings. The Kier molecular flexibility index (Phi) is 5.15. The molecule has 4 nitrogen and oxygen atoms in total. The highest BCUT2D eigenvalue weighted by molar-refractivity contribution is 5.90. The first kappa shape index (κ1) is 14.1. The molecule has 0 aliphatic heterocycles. The first-order chi connectivity index (χ1) is 9.78. The molecule has 0 saturated heterocycles. The van der Waals surface area contributed by atoms with Crippen LogP contribution in [0.3, 0.4) is 0 Å². The standard InChI is InChI=1S/C16H18N2O2/c17-12-4-7-16(19)18-13-8-10-15(11-9-13)20-14-5-2-1-3-6-14/h1-3,5-6,8-11H,4,7,12,17H2,(H,18,19). The van der Waals surface area contributed by atoms with E-state index in [1.54, 1.807) is 0 Å². The predicted molar refractivity (Wildman–Crippen MR) is 79.9 cm³/mol. The lowest BCUT2D eigenvalue weighted by atomic mass is 10.2. The van der Waals surface area contributed by atoms with Gasteiger partial charge in [0.15, 0.2) is 0 Å². The molecule has 0 unspecified atom stereocenters. The zero-order valence-corrected chi connectivity index (χ0v) is 11.2. The molecule has 2 aromatic rings. The third-order valence-corrected chi connectivity index (χ3v) is 2.72. The first-order valence-corrected chi connectivity index (χ1v) is 6.61. The average Bonchev–Trinajstić information content (AvgIpc) is 2.48. The van der Waals surface area contributed by atoms with Crippen molar-refractivity contribution in [1.29, 1.82) is 0 Å². The molecule has 0 fully saturated rings. The summed E-state index contributed by atoms with van der Waals surface area (Å²) in [5.74, 6) is 1.50. The summed E-state index contributed by atoms with van der Waals surface area (Å²) in [4.78, 5) is 11.5. The number of para-hydroxylation sites is 1. The number of amides is 1. The Bertz CT molecular complexity index is 538. The zero-order chi connectivity index (χ0) is 14.2. The van der Waals surface area contributed by atoms with Gasteiger partial charge in [-0.05, 0) is 49.4 Å². The molecule has 20 heavy (non-hydrogen) atoms. The minimum atomic E-state index is -0.0211. The Morgan fingerprint density at radius 2 is 1.65 bits per heavy atom. The van der Waals surface area contributed by atoms with Crippen molar-refractivity contribution < 1.29 is 9.53 Å². The summed E-state index contributed by atoms with van der Waals surface area (Å²) in [6.07, 6.45) is 1.14. The summed E-state index contributed by atoms with van der Waals surface area (Å²) in [6.45, 7) is 0.525. The van der Waals surface area contributed by atoms with E-state index < -0.39 is 0 Å². The average molecular weight is 270 g/mol. The van der Waals surface area contributed by atoms with Crippen molar-refractivity contribution in [3.63, 3.8) is 0 Å². The first-order valence-electron chi connectivity index (χ1n) is 6.61. The number of carbonyl (C=O) groups is 1. The molecular weight excluding hydrogens is 252 g/mol. The smallest absolute Gasteiger partial charge is 0.224 e. The Morgan fingerprint density at radius 1 is 1.00 bits per heavy atom. The van der Waals surface area contributed by atoms with E-state index in [9.17, 15) is 4.79 Å². The largest absolute Gasteiger partial charge is 0.457 e. The summed E-state index contributed by atoms with van der Waals surface area (Å²) in [7, 11) is 0. The van der Waals surface area contributed by atoms with Crippen LogP contribution < -0.4 is 15.8 Å². The predicted octanol–water partition coefficient (Wildman–Crippen LogP) is 3.16. The van der Waals surface area contributed by atoms with Gasteiger partial charge in [0, 0.05) is 12.1 Å². The van der Waals surface area contributed by atoms with E-state index in [-0.39, 0.29) is 5.91 Å². The summed E-state index contributed by atoms with van der Waals surface area (Å²) >= 11 is 0. The maximum Gasteiger partial charge on any atom is 0.224 e. The van der Waals surface area contributed by atoms with Crippen LogP contribution in [-0.2, 0) is 4.79 Å². The molecule has 2 rings (SSSR count). The molecule has 0 spiro atoms. The van der Waals surface area contributed by atoms with Crippen LogP contribution >= 0.6 is 0 Å². The van der Waals surface area contributed by atoms with Gasteiger partial charge in [0.25, 0.3) is 0 Å². The van der Waals surface area contributed by atoms with E-state index in [0.29, 0.717) is 19.4 Å². The summed E-state index contributed by atoms with van der Waals surface area (Å²) in [5.41, 5.74) is 6.12. The number of hydrogen-bond donors (Lipinski definition) is 2. The van der Waals surface area contributed by atoms with Crippen molar-refractivity contribution >= 4 is 11.6 Å². The van der Waals surface area contributed by atoms with Crippen LogP contribution in [0.2, 0.25) is 0 Å². The molecule has 0 bridgehead atoms. The second kappa shape index (κ2) is 7.31. The van der Waals surface area contributed by atoms with E-state index in [2.05, 4.69) is 5.32 Å². The summed E-state index contributed by atoms with van der Waals surface area (Å²) in [6, 6.07) is 16.8. The van der Waals surface area contributed by atoms with Crippen LogP contribution in [0, 0.1) is 0 Å². The fourth-order valence-corrected chi connectivity index (χ4v) is 1.72. The highest BCUT2D eigenvalue weighted by atomic mass is 16.5. The molecular formula is C16H18N2O2. The normalized spacial score (nSPS) is 10.1. The number of rotatable bonds is 6. The summed E-state index contributed by atoms with van der Waals surface area (Å²) in [5, 5.41) is 2.82. The van der Waals surface area contributed by atoms with Crippen LogP contribution in [0.1, 0.15) is 12.8 Å². The van der Waals surface area contributed by atoms with E-state index in [1.165, 1.54) is 0 Å². The molecule has 0 aromatic heterocycles. The van der Waals surface area contributed by atoms with E-state index in [4.69, 9.17) is 10.5 Å². The van der Waals surface area contributed by atoms with Crippen LogP contribution in [0.15, 0.2) is 54.6 Å². The van der Waals surface area contributed by atoms with E-state index in [1.807, 2.05) is 54.6 Å². The number of anilines is 1. The van der Waals surface area contributed by atoms with Gasteiger partial charge in [-0.3, -0.25) is 4.79 Å². The maximum absolute atomic E-state index is 11.5. The molecule has 104 valence electrons. The maximum atomic E-state index is 11.5. The van der Waals surface area contributed by atoms with Gasteiger partial charge in [-0.25, -0.2) is 0 Å². The number of hydrogen-bond acceptors (Lipinski definition) is 3. The lowest BCUT2D eigenvalue weighted by molar-refractivity contribution is -0.116. The Hall–Kier alpha value is -2.33. The van der Waals surface area contributed by atoms with Gasteiger partial charge < -0.3 is 15.8 Å². The fourth-order valence-electron chi connectivity index (χ4n) is 1.72. The number of nitrogens with two attached hydrogens (primary N) is 1. The van der Waals surface area contributed by atoms with Gasteiger partial charge in [0.05, 0.1) is 0 Å². The van der Waals surface area contributed by atoms with Crippen molar-refractivity contribution in [2.24, 2.45) is 5.73 Å². The second-order valence-corrected chi connectivity index (χ2v) is 4.38. The molecule has 1 amide bonds. The molecule has 4 heteroatoms. The molecule has 0 radical (unpaired) electrons. The fraction of sp³-hybridized carbons (Fsp3) is 0.188. The molecule has 0 heterocycles. The monoisotopic (exact) mass is 270 g/mol. The molecule has 0 saturated carbocycles. The molecule has 2 aromatic carbocycles.